The molecule has 0 saturated carbocycles. The lowest BCUT2D eigenvalue weighted by atomic mass is 9.93. The fourth-order valence-corrected chi connectivity index (χ4v) is 4.09. The van der Waals surface area contributed by atoms with Gasteiger partial charge in [0, 0.05) is 14.7 Å². The van der Waals surface area contributed by atoms with Crippen LogP contribution >= 0.6 is 27.3 Å². The lowest BCUT2D eigenvalue weighted by Crippen LogP contribution is -2.64. The topological polar surface area (TPSA) is 49.4 Å². The summed E-state index contributed by atoms with van der Waals surface area (Å²) in [6.07, 6.45) is 1.50. The van der Waals surface area contributed by atoms with Gasteiger partial charge in [0.05, 0.1) is 6.54 Å². The Labute approximate surface area is 138 Å². The number of carbonyl (C=O) groups is 2. The maximum absolute atomic E-state index is 12.6. The zero-order valence-corrected chi connectivity index (χ0v) is 15.0. The molecule has 3 unspecified atom stereocenters. The van der Waals surface area contributed by atoms with Crippen molar-refractivity contribution < 1.29 is 9.59 Å². The van der Waals surface area contributed by atoms with Crippen LogP contribution in [0.4, 0.5) is 0 Å². The number of carbonyl (C=O) groups excluding carboxylic acids is 2. The summed E-state index contributed by atoms with van der Waals surface area (Å²) in [5.74, 6) is 0.161. The standard InChI is InChI=1S/C15H21BrN2O2S/c1-4-9(3)13-14(19)17-12(5-2)15(20)18(13)7-11-6-10(16)8-21-11/h6,8-9,12-13H,4-5,7H2,1-3H3,(H,17,19). The average Bonchev–Trinajstić information content (AvgIpc) is 2.87. The van der Waals surface area contributed by atoms with Gasteiger partial charge in [-0.25, -0.2) is 0 Å². The first-order chi connectivity index (χ1) is 9.97. The van der Waals surface area contributed by atoms with Gasteiger partial charge < -0.3 is 10.2 Å². The van der Waals surface area contributed by atoms with Gasteiger partial charge in [0.25, 0.3) is 0 Å². The first-order valence-electron chi connectivity index (χ1n) is 7.31. The molecule has 0 spiro atoms. The maximum Gasteiger partial charge on any atom is 0.246 e. The van der Waals surface area contributed by atoms with Crippen molar-refractivity contribution in [1.82, 2.24) is 10.2 Å². The molecule has 0 radical (unpaired) electrons. The summed E-state index contributed by atoms with van der Waals surface area (Å²) in [6, 6.07) is 1.26. The first-order valence-corrected chi connectivity index (χ1v) is 8.98. The summed E-state index contributed by atoms with van der Waals surface area (Å²) in [5, 5.41) is 4.87. The fraction of sp³-hybridized carbons (Fsp3) is 0.600. The quantitative estimate of drug-likeness (QED) is 0.862. The molecule has 6 heteroatoms. The third-order valence-corrected chi connectivity index (χ3v) is 5.72. The molecule has 2 heterocycles. The van der Waals surface area contributed by atoms with Crippen molar-refractivity contribution >= 4 is 39.1 Å². The van der Waals surface area contributed by atoms with Gasteiger partial charge >= 0.3 is 0 Å². The van der Waals surface area contributed by atoms with Crippen LogP contribution in [0.3, 0.4) is 0 Å². The zero-order valence-electron chi connectivity index (χ0n) is 12.6. The van der Waals surface area contributed by atoms with Crippen molar-refractivity contribution in [3.63, 3.8) is 0 Å². The molecule has 1 fully saturated rings. The number of nitrogens with one attached hydrogen (secondary N) is 1. The summed E-state index contributed by atoms with van der Waals surface area (Å²) in [4.78, 5) is 27.9. The largest absolute Gasteiger partial charge is 0.343 e. The van der Waals surface area contributed by atoms with E-state index in [9.17, 15) is 9.59 Å². The first kappa shape index (κ1) is 16.5. The molecule has 2 rings (SSSR count). The summed E-state index contributed by atoms with van der Waals surface area (Å²) in [7, 11) is 0. The molecular weight excluding hydrogens is 352 g/mol. The molecule has 4 nitrogen and oxygen atoms in total. The van der Waals surface area contributed by atoms with Crippen molar-refractivity contribution in [2.45, 2.75) is 52.2 Å². The number of piperazine rings is 1. The molecule has 1 N–H and O–H groups in total. The molecule has 116 valence electrons. The predicted octanol–water partition coefficient (Wildman–Crippen LogP) is 3.16. The number of rotatable bonds is 5. The summed E-state index contributed by atoms with van der Waals surface area (Å²) in [6.45, 7) is 6.51. The van der Waals surface area contributed by atoms with E-state index in [1.165, 1.54) is 0 Å². The van der Waals surface area contributed by atoms with Gasteiger partial charge in [0.1, 0.15) is 12.1 Å². The lowest BCUT2D eigenvalue weighted by Gasteiger charge is -2.41. The molecule has 1 saturated heterocycles. The van der Waals surface area contributed by atoms with Crippen molar-refractivity contribution in [3.8, 4) is 0 Å². The highest BCUT2D eigenvalue weighted by Gasteiger charge is 2.41. The Morgan fingerprint density at radius 3 is 2.67 bits per heavy atom. The molecule has 21 heavy (non-hydrogen) atoms. The molecular formula is C15H21BrN2O2S. The Bertz CT molecular complexity index is 531. The van der Waals surface area contributed by atoms with Crippen LogP contribution in [0.15, 0.2) is 15.9 Å². The Hall–Kier alpha value is -0.880. The van der Waals surface area contributed by atoms with Gasteiger partial charge in [-0.05, 0) is 34.3 Å². The number of hydrogen-bond donors (Lipinski definition) is 1. The third-order valence-electron chi connectivity index (χ3n) is 4.04. The monoisotopic (exact) mass is 372 g/mol. The van der Waals surface area contributed by atoms with Crippen molar-refractivity contribution in [2.75, 3.05) is 0 Å². The van der Waals surface area contributed by atoms with Crippen LogP contribution in [0.5, 0.6) is 0 Å². The molecule has 1 aromatic heterocycles. The SMILES string of the molecule is CCC1NC(=O)C(C(C)CC)N(Cc2cc(Br)cs2)C1=O. The average molecular weight is 373 g/mol. The van der Waals surface area contributed by atoms with E-state index in [0.717, 1.165) is 15.8 Å². The van der Waals surface area contributed by atoms with Gasteiger partial charge in [-0.1, -0.05) is 27.2 Å². The van der Waals surface area contributed by atoms with E-state index in [1.807, 2.05) is 32.2 Å². The van der Waals surface area contributed by atoms with E-state index < -0.39 is 0 Å². The van der Waals surface area contributed by atoms with Crippen LogP contribution in [-0.4, -0.2) is 28.8 Å². The van der Waals surface area contributed by atoms with Crippen LogP contribution in [0.2, 0.25) is 0 Å². The van der Waals surface area contributed by atoms with Crippen LogP contribution < -0.4 is 5.32 Å². The molecule has 0 bridgehead atoms. The van der Waals surface area contributed by atoms with E-state index >= 15 is 0 Å². The van der Waals surface area contributed by atoms with Gasteiger partial charge in [-0.2, -0.15) is 0 Å². The second-order valence-electron chi connectivity index (χ2n) is 5.50. The number of hydrogen-bond acceptors (Lipinski definition) is 3. The summed E-state index contributed by atoms with van der Waals surface area (Å²) in [5.41, 5.74) is 0. The lowest BCUT2D eigenvalue weighted by molar-refractivity contribution is -0.152. The number of halogens is 1. The minimum atomic E-state index is -0.388. The molecule has 1 aromatic rings. The third kappa shape index (κ3) is 3.48. The molecule has 1 aliphatic heterocycles. The van der Waals surface area contributed by atoms with Crippen molar-refractivity contribution in [3.05, 3.63) is 20.8 Å². The van der Waals surface area contributed by atoms with Crippen LogP contribution in [-0.2, 0) is 16.1 Å². The van der Waals surface area contributed by atoms with Crippen LogP contribution in [0.25, 0.3) is 0 Å². The fourth-order valence-electron chi connectivity index (χ4n) is 2.64. The highest BCUT2D eigenvalue weighted by atomic mass is 79.9. The van der Waals surface area contributed by atoms with Crippen molar-refractivity contribution in [1.29, 1.82) is 0 Å². The minimum absolute atomic E-state index is 0.0218. The smallest absolute Gasteiger partial charge is 0.246 e. The van der Waals surface area contributed by atoms with Crippen LogP contribution in [0.1, 0.15) is 38.5 Å². The van der Waals surface area contributed by atoms with Gasteiger partial charge in [-0.3, -0.25) is 9.59 Å². The second kappa shape index (κ2) is 6.92. The van der Waals surface area contributed by atoms with E-state index in [2.05, 4.69) is 21.2 Å². The molecule has 0 aliphatic carbocycles. The normalized spacial score (nSPS) is 24.1. The van der Waals surface area contributed by atoms with E-state index in [-0.39, 0.29) is 29.8 Å². The highest BCUT2D eigenvalue weighted by molar-refractivity contribution is 9.10. The maximum atomic E-state index is 12.6. The van der Waals surface area contributed by atoms with E-state index in [0.29, 0.717) is 13.0 Å². The Morgan fingerprint density at radius 2 is 2.14 bits per heavy atom. The Morgan fingerprint density at radius 1 is 1.43 bits per heavy atom. The van der Waals surface area contributed by atoms with E-state index in [4.69, 9.17) is 0 Å². The second-order valence-corrected chi connectivity index (χ2v) is 7.41. The minimum Gasteiger partial charge on any atom is -0.343 e. The molecule has 1 aliphatic rings. The summed E-state index contributed by atoms with van der Waals surface area (Å²) >= 11 is 5.04. The number of nitrogens with zero attached hydrogens (tertiary/aromatic N) is 1. The number of thiophene rings is 1. The Kier molecular flexibility index (Phi) is 5.43. The van der Waals surface area contributed by atoms with Gasteiger partial charge in [0.2, 0.25) is 11.8 Å². The Balaban J connectivity index is 2.28. The number of amides is 2. The molecule has 3 atom stereocenters. The molecule has 2 amide bonds. The van der Waals surface area contributed by atoms with E-state index in [1.54, 1.807) is 16.2 Å². The zero-order chi connectivity index (χ0) is 15.6. The van der Waals surface area contributed by atoms with Crippen LogP contribution in [0, 0.1) is 5.92 Å². The highest BCUT2D eigenvalue weighted by Crippen LogP contribution is 2.27. The summed E-state index contributed by atoms with van der Waals surface area (Å²) < 4.78 is 1.02. The molecule has 0 aromatic carbocycles. The van der Waals surface area contributed by atoms with Crippen molar-refractivity contribution in [2.24, 2.45) is 5.92 Å². The van der Waals surface area contributed by atoms with Gasteiger partial charge in [0.15, 0.2) is 0 Å². The predicted molar refractivity (Wildman–Crippen MR) is 88.0 cm³/mol. The van der Waals surface area contributed by atoms with Gasteiger partial charge in [-0.15, -0.1) is 11.3 Å².